The molecule has 1 amide bonds. The first-order valence-electron chi connectivity index (χ1n) is 11.0. The number of hydrogen-bond acceptors (Lipinski definition) is 5. The van der Waals surface area contributed by atoms with E-state index in [1.165, 1.54) is 22.9 Å². The second-order valence-electron chi connectivity index (χ2n) is 7.95. The molecule has 0 atom stereocenters. The predicted molar refractivity (Wildman–Crippen MR) is 135 cm³/mol. The summed E-state index contributed by atoms with van der Waals surface area (Å²) in [6, 6.07) is 13.1. The standard InChI is InChI=1S/C24H32N2O3S3/c1-19-9-5-6-10-20(19)18-31-16-13-25-32(28,29)21-11-12-23(30-2)22(17-21)24(27)26-14-7-3-4-8-15-26/h5-6,9-12,17,25H,3-4,7-8,13-16,18H2,1-2H3. The van der Waals surface area contributed by atoms with Gasteiger partial charge in [-0.25, -0.2) is 13.1 Å². The topological polar surface area (TPSA) is 66.5 Å². The lowest BCUT2D eigenvalue weighted by Gasteiger charge is -2.22. The van der Waals surface area contributed by atoms with Crippen LogP contribution in [0.25, 0.3) is 0 Å². The van der Waals surface area contributed by atoms with Gasteiger partial charge in [0.25, 0.3) is 5.91 Å². The van der Waals surface area contributed by atoms with E-state index in [2.05, 4.69) is 23.8 Å². The van der Waals surface area contributed by atoms with Gasteiger partial charge in [-0.1, -0.05) is 37.1 Å². The third-order valence-electron chi connectivity index (χ3n) is 5.66. The maximum Gasteiger partial charge on any atom is 0.255 e. The highest BCUT2D eigenvalue weighted by atomic mass is 32.2. The second kappa shape index (κ2) is 12.1. The summed E-state index contributed by atoms with van der Waals surface area (Å²) in [5.41, 5.74) is 3.00. The van der Waals surface area contributed by atoms with E-state index in [4.69, 9.17) is 0 Å². The van der Waals surface area contributed by atoms with Gasteiger partial charge in [0.1, 0.15) is 0 Å². The van der Waals surface area contributed by atoms with Crippen LogP contribution in [0.2, 0.25) is 0 Å². The van der Waals surface area contributed by atoms with Crippen LogP contribution in [0.4, 0.5) is 0 Å². The van der Waals surface area contributed by atoms with Gasteiger partial charge in [0.2, 0.25) is 10.0 Å². The fourth-order valence-electron chi connectivity index (χ4n) is 3.75. The number of rotatable bonds is 9. The van der Waals surface area contributed by atoms with Crippen molar-refractivity contribution >= 4 is 39.5 Å². The van der Waals surface area contributed by atoms with Crippen molar-refractivity contribution in [1.82, 2.24) is 9.62 Å². The highest BCUT2D eigenvalue weighted by molar-refractivity contribution is 7.98. The van der Waals surface area contributed by atoms with Crippen molar-refractivity contribution in [2.24, 2.45) is 0 Å². The highest BCUT2D eigenvalue weighted by Gasteiger charge is 2.23. The van der Waals surface area contributed by atoms with Crippen molar-refractivity contribution < 1.29 is 13.2 Å². The quantitative estimate of drug-likeness (QED) is 0.397. The van der Waals surface area contributed by atoms with E-state index in [1.807, 2.05) is 23.3 Å². The van der Waals surface area contributed by atoms with Crippen molar-refractivity contribution in [1.29, 1.82) is 0 Å². The maximum atomic E-state index is 13.2. The number of likely N-dealkylation sites (tertiary alicyclic amines) is 1. The molecule has 2 aromatic rings. The summed E-state index contributed by atoms with van der Waals surface area (Å²) in [4.78, 5) is 16.0. The number of carbonyl (C=O) groups excluding carboxylic acids is 1. The molecule has 1 aliphatic rings. The van der Waals surface area contributed by atoms with Crippen molar-refractivity contribution in [2.45, 2.75) is 48.2 Å². The molecule has 0 spiro atoms. The van der Waals surface area contributed by atoms with E-state index < -0.39 is 10.0 Å². The van der Waals surface area contributed by atoms with Gasteiger partial charge in [-0.3, -0.25) is 4.79 Å². The number of carbonyl (C=O) groups is 1. The zero-order valence-electron chi connectivity index (χ0n) is 18.8. The SMILES string of the molecule is CSc1ccc(S(=O)(=O)NCCSCc2ccccc2C)cc1C(=O)N1CCCCCC1. The number of thioether (sulfide) groups is 2. The summed E-state index contributed by atoms with van der Waals surface area (Å²) < 4.78 is 28.4. The predicted octanol–water partition coefficient (Wildman–Crippen LogP) is 4.94. The number of sulfonamides is 1. The second-order valence-corrected chi connectivity index (χ2v) is 11.7. The first-order valence-corrected chi connectivity index (χ1v) is 14.9. The molecule has 1 saturated heterocycles. The first-order chi connectivity index (χ1) is 15.4. The fourth-order valence-corrected chi connectivity index (χ4v) is 6.44. The van der Waals surface area contributed by atoms with Crippen LogP contribution in [0.5, 0.6) is 0 Å². The summed E-state index contributed by atoms with van der Waals surface area (Å²) in [6.07, 6.45) is 6.19. The van der Waals surface area contributed by atoms with Crippen LogP contribution in [-0.4, -0.2) is 50.9 Å². The van der Waals surface area contributed by atoms with Gasteiger partial charge in [-0.05, 0) is 55.3 Å². The van der Waals surface area contributed by atoms with E-state index >= 15 is 0 Å². The molecule has 0 bridgehead atoms. The van der Waals surface area contributed by atoms with Crippen LogP contribution >= 0.6 is 23.5 Å². The number of nitrogens with zero attached hydrogens (tertiary/aromatic N) is 1. The molecular weight excluding hydrogens is 460 g/mol. The van der Waals surface area contributed by atoms with E-state index in [9.17, 15) is 13.2 Å². The Kier molecular flexibility index (Phi) is 9.52. The minimum Gasteiger partial charge on any atom is -0.339 e. The molecule has 0 aliphatic carbocycles. The van der Waals surface area contributed by atoms with Crippen LogP contribution in [0.15, 0.2) is 52.3 Å². The Morgan fingerprint density at radius 3 is 2.47 bits per heavy atom. The third-order valence-corrected chi connectivity index (χ3v) is 8.92. The molecule has 32 heavy (non-hydrogen) atoms. The van der Waals surface area contributed by atoms with Gasteiger partial charge in [0.05, 0.1) is 10.5 Å². The molecule has 0 radical (unpaired) electrons. The lowest BCUT2D eigenvalue weighted by atomic mass is 10.1. The minimum absolute atomic E-state index is 0.0675. The molecule has 0 unspecified atom stereocenters. The Balaban J connectivity index is 1.63. The Hall–Kier alpha value is -1.48. The van der Waals surface area contributed by atoms with Gasteiger partial charge >= 0.3 is 0 Å². The molecule has 174 valence electrons. The van der Waals surface area contributed by atoms with Crippen LogP contribution in [0.3, 0.4) is 0 Å². The first kappa shape index (κ1) is 25.1. The summed E-state index contributed by atoms with van der Waals surface area (Å²) in [6.45, 7) is 3.90. The number of nitrogens with one attached hydrogen (secondary N) is 1. The van der Waals surface area contributed by atoms with E-state index in [-0.39, 0.29) is 10.8 Å². The lowest BCUT2D eigenvalue weighted by molar-refractivity contribution is 0.0758. The number of hydrogen-bond donors (Lipinski definition) is 1. The molecule has 5 nitrogen and oxygen atoms in total. The zero-order valence-corrected chi connectivity index (χ0v) is 21.3. The van der Waals surface area contributed by atoms with Crippen LogP contribution in [-0.2, 0) is 15.8 Å². The lowest BCUT2D eigenvalue weighted by Crippen LogP contribution is -2.32. The van der Waals surface area contributed by atoms with Gasteiger partial charge in [0.15, 0.2) is 0 Å². The molecule has 1 aliphatic heterocycles. The molecule has 1 fully saturated rings. The van der Waals surface area contributed by atoms with Gasteiger partial charge in [-0.15, -0.1) is 11.8 Å². The fraction of sp³-hybridized carbons (Fsp3) is 0.458. The normalized spacial score (nSPS) is 14.9. The van der Waals surface area contributed by atoms with Crippen LogP contribution < -0.4 is 4.72 Å². The Bertz CT molecular complexity index is 1020. The maximum absolute atomic E-state index is 13.2. The van der Waals surface area contributed by atoms with E-state index in [1.54, 1.807) is 30.0 Å². The van der Waals surface area contributed by atoms with Crippen molar-refractivity contribution in [3.05, 3.63) is 59.2 Å². The van der Waals surface area contributed by atoms with Gasteiger partial charge < -0.3 is 4.90 Å². The number of benzene rings is 2. The van der Waals surface area contributed by atoms with Crippen molar-refractivity contribution in [3.8, 4) is 0 Å². The van der Waals surface area contributed by atoms with Crippen molar-refractivity contribution in [3.63, 3.8) is 0 Å². The van der Waals surface area contributed by atoms with Crippen LogP contribution in [0, 0.1) is 6.92 Å². The Labute approximate surface area is 200 Å². The Morgan fingerprint density at radius 2 is 1.78 bits per heavy atom. The average Bonchev–Trinajstić information content (AvgIpc) is 3.08. The third kappa shape index (κ3) is 6.76. The average molecular weight is 493 g/mol. The van der Waals surface area contributed by atoms with Gasteiger partial charge in [0, 0.05) is 36.0 Å². The molecule has 0 saturated carbocycles. The molecule has 1 N–H and O–H groups in total. The molecule has 1 heterocycles. The summed E-state index contributed by atoms with van der Waals surface area (Å²) in [5.74, 6) is 1.46. The summed E-state index contributed by atoms with van der Waals surface area (Å²) >= 11 is 3.17. The monoisotopic (exact) mass is 492 g/mol. The highest BCUT2D eigenvalue weighted by Crippen LogP contribution is 2.26. The molecular formula is C24H32N2O3S3. The largest absolute Gasteiger partial charge is 0.339 e. The minimum atomic E-state index is -3.68. The number of aryl methyl sites for hydroxylation is 1. The summed E-state index contributed by atoms with van der Waals surface area (Å²) in [7, 11) is -3.68. The zero-order chi connectivity index (χ0) is 23.0. The van der Waals surface area contributed by atoms with Crippen LogP contribution in [0.1, 0.15) is 47.2 Å². The van der Waals surface area contributed by atoms with E-state index in [0.717, 1.165) is 49.4 Å². The van der Waals surface area contributed by atoms with Crippen molar-refractivity contribution in [2.75, 3.05) is 31.6 Å². The summed E-state index contributed by atoms with van der Waals surface area (Å²) in [5, 5.41) is 0. The molecule has 0 aromatic heterocycles. The Morgan fingerprint density at radius 1 is 1.06 bits per heavy atom. The van der Waals surface area contributed by atoms with Gasteiger partial charge in [-0.2, -0.15) is 11.8 Å². The number of amides is 1. The smallest absolute Gasteiger partial charge is 0.255 e. The molecule has 2 aromatic carbocycles. The van der Waals surface area contributed by atoms with E-state index in [0.29, 0.717) is 17.9 Å². The molecule has 8 heteroatoms. The molecule has 3 rings (SSSR count).